The molecule has 202 valence electrons. The maximum Gasteiger partial charge on any atom is 0.234 e. The maximum absolute atomic E-state index is 12.4. The van der Waals surface area contributed by atoms with E-state index in [0.717, 1.165) is 27.6 Å². The number of halogens is 2. The zero-order chi connectivity index (χ0) is 27.6. The lowest BCUT2D eigenvalue weighted by Gasteiger charge is -2.31. The van der Waals surface area contributed by atoms with E-state index < -0.39 is 21.7 Å². The number of benzene rings is 3. The van der Waals surface area contributed by atoms with Crippen molar-refractivity contribution in [3.63, 3.8) is 0 Å². The molecule has 1 fully saturated rings. The number of sulfonamides is 1. The summed E-state index contributed by atoms with van der Waals surface area (Å²) in [6.07, 6.45) is 2.66. The number of primary amides is 1. The Bertz CT molecular complexity index is 1540. The quantitative estimate of drug-likeness (QED) is 0.287. The van der Waals surface area contributed by atoms with Gasteiger partial charge in [0, 0.05) is 40.5 Å². The summed E-state index contributed by atoms with van der Waals surface area (Å²) in [5.74, 6) is -0.914. The summed E-state index contributed by atoms with van der Waals surface area (Å²) in [4.78, 5) is 20.1. The van der Waals surface area contributed by atoms with Gasteiger partial charge in [0.2, 0.25) is 15.9 Å². The molecule has 2 heterocycles. The molecule has 0 atom stereocenters. The summed E-state index contributed by atoms with van der Waals surface area (Å²) in [6.45, 7) is 0.605. The van der Waals surface area contributed by atoms with Crippen LogP contribution in [0.4, 0.5) is 5.82 Å². The predicted molar refractivity (Wildman–Crippen MR) is 155 cm³/mol. The number of anilines is 1. The monoisotopic (exact) mass is 583 g/mol. The Balaban J connectivity index is 1.44. The fourth-order valence-corrected chi connectivity index (χ4v) is 6.56. The minimum Gasteiger partial charge on any atom is -0.369 e. The average molecular weight is 585 g/mol. The van der Waals surface area contributed by atoms with E-state index in [9.17, 15) is 13.2 Å². The number of fused-ring (bicyclic) bond motifs is 1. The van der Waals surface area contributed by atoms with Crippen LogP contribution in [0.2, 0.25) is 10.0 Å². The second-order valence-corrected chi connectivity index (χ2v) is 12.4. The molecule has 1 amide bonds. The number of hydrogen-bond donors (Lipinski definition) is 2. The van der Waals surface area contributed by atoms with Crippen molar-refractivity contribution in [3.05, 3.63) is 99.8 Å². The third-order valence-electron chi connectivity index (χ3n) is 6.91. The molecular formula is C28H27Cl2N5O3S. The van der Waals surface area contributed by atoms with E-state index in [1.165, 1.54) is 10.6 Å². The van der Waals surface area contributed by atoms with Crippen molar-refractivity contribution in [2.24, 2.45) is 5.73 Å². The van der Waals surface area contributed by atoms with Crippen LogP contribution in [0.3, 0.4) is 0 Å². The molecular weight excluding hydrogens is 557 g/mol. The van der Waals surface area contributed by atoms with E-state index in [4.69, 9.17) is 28.9 Å². The van der Waals surface area contributed by atoms with Crippen LogP contribution in [0.25, 0.3) is 10.9 Å². The third kappa shape index (κ3) is 6.33. The number of carbonyl (C=O) groups excluding carboxylic acids is 1. The van der Waals surface area contributed by atoms with Crippen LogP contribution in [0.5, 0.6) is 0 Å². The van der Waals surface area contributed by atoms with Gasteiger partial charge < -0.3 is 11.1 Å². The fraction of sp³-hybridized carbons (Fsp3) is 0.250. The minimum absolute atomic E-state index is 0.00936. The summed E-state index contributed by atoms with van der Waals surface area (Å²) in [5, 5.41) is 5.70. The highest BCUT2D eigenvalue weighted by molar-refractivity contribution is 7.89. The molecule has 1 aliphatic rings. The summed E-state index contributed by atoms with van der Waals surface area (Å²) in [5.41, 5.74) is 9.11. The lowest BCUT2D eigenvalue weighted by Crippen LogP contribution is -2.45. The number of piperidine rings is 1. The summed E-state index contributed by atoms with van der Waals surface area (Å²) in [6, 6.07) is 21.8. The van der Waals surface area contributed by atoms with Crippen molar-refractivity contribution >= 4 is 55.9 Å². The molecule has 3 N–H and O–H groups in total. The number of nitrogens with two attached hydrogens (primary N) is 1. The Morgan fingerprint density at radius 1 is 0.923 bits per heavy atom. The SMILES string of the molecule is NC(=O)CS(=O)(=O)N1CCC(Nc2ncnc3ccc(C(c4ccc(Cl)cc4)c4ccc(Cl)cc4)cc23)CC1. The average Bonchev–Trinajstić information content (AvgIpc) is 2.91. The van der Waals surface area contributed by atoms with E-state index >= 15 is 0 Å². The summed E-state index contributed by atoms with van der Waals surface area (Å²) >= 11 is 12.4. The number of amides is 1. The van der Waals surface area contributed by atoms with Crippen LogP contribution < -0.4 is 11.1 Å². The molecule has 1 saturated heterocycles. The largest absolute Gasteiger partial charge is 0.369 e. The Labute approximate surface area is 237 Å². The Morgan fingerprint density at radius 2 is 1.49 bits per heavy atom. The van der Waals surface area contributed by atoms with Crippen LogP contribution in [0, 0.1) is 0 Å². The highest BCUT2D eigenvalue weighted by atomic mass is 35.5. The molecule has 1 aliphatic heterocycles. The molecule has 0 bridgehead atoms. The molecule has 8 nitrogen and oxygen atoms in total. The van der Waals surface area contributed by atoms with Crippen LogP contribution >= 0.6 is 23.2 Å². The van der Waals surface area contributed by atoms with Crippen molar-refractivity contribution in [2.75, 3.05) is 24.2 Å². The maximum atomic E-state index is 12.4. The summed E-state index contributed by atoms with van der Waals surface area (Å²) in [7, 11) is -3.70. The van der Waals surface area contributed by atoms with Crippen molar-refractivity contribution in [1.82, 2.24) is 14.3 Å². The second-order valence-electron chi connectivity index (χ2n) is 9.58. The van der Waals surface area contributed by atoms with Gasteiger partial charge in [-0.25, -0.2) is 22.7 Å². The van der Waals surface area contributed by atoms with E-state index in [2.05, 4.69) is 27.4 Å². The molecule has 0 radical (unpaired) electrons. The van der Waals surface area contributed by atoms with Gasteiger partial charge in [0.1, 0.15) is 17.9 Å². The van der Waals surface area contributed by atoms with E-state index in [1.807, 2.05) is 54.6 Å². The topological polar surface area (TPSA) is 118 Å². The first-order valence-corrected chi connectivity index (χ1v) is 14.8. The van der Waals surface area contributed by atoms with Gasteiger partial charge in [-0.3, -0.25) is 4.79 Å². The molecule has 0 spiro atoms. The van der Waals surface area contributed by atoms with Crippen molar-refractivity contribution < 1.29 is 13.2 Å². The third-order valence-corrected chi connectivity index (χ3v) is 9.22. The lowest BCUT2D eigenvalue weighted by atomic mass is 9.84. The molecule has 0 saturated carbocycles. The number of aromatic nitrogens is 2. The van der Waals surface area contributed by atoms with Gasteiger partial charge in [-0.15, -0.1) is 0 Å². The minimum atomic E-state index is -3.70. The molecule has 11 heteroatoms. The highest BCUT2D eigenvalue weighted by Gasteiger charge is 2.29. The van der Waals surface area contributed by atoms with E-state index in [0.29, 0.717) is 41.8 Å². The molecule has 3 aromatic carbocycles. The van der Waals surface area contributed by atoms with Crippen LogP contribution in [0.15, 0.2) is 73.1 Å². The molecule has 4 aromatic rings. The fourth-order valence-electron chi connectivity index (χ4n) is 5.00. The smallest absolute Gasteiger partial charge is 0.234 e. The number of rotatable bonds is 8. The zero-order valence-electron chi connectivity index (χ0n) is 20.9. The van der Waals surface area contributed by atoms with Gasteiger partial charge in [0.25, 0.3) is 0 Å². The zero-order valence-corrected chi connectivity index (χ0v) is 23.3. The molecule has 39 heavy (non-hydrogen) atoms. The van der Waals surface area contributed by atoms with Crippen LogP contribution in [-0.2, 0) is 14.8 Å². The van der Waals surface area contributed by atoms with E-state index in [-0.39, 0.29) is 12.0 Å². The lowest BCUT2D eigenvalue weighted by molar-refractivity contribution is -0.115. The normalized spacial score (nSPS) is 15.1. The predicted octanol–water partition coefficient (Wildman–Crippen LogP) is 4.81. The van der Waals surface area contributed by atoms with Crippen LogP contribution in [-0.4, -0.2) is 53.5 Å². The van der Waals surface area contributed by atoms with Crippen molar-refractivity contribution in [3.8, 4) is 0 Å². The number of hydrogen-bond acceptors (Lipinski definition) is 6. The first-order valence-electron chi connectivity index (χ1n) is 12.5. The molecule has 0 aliphatic carbocycles. The summed E-state index contributed by atoms with van der Waals surface area (Å²) < 4.78 is 26.1. The molecule has 0 unspecified atom stereocenters. The van der Waals surface area contributed by atoms with Gasteiger partial charge in [-0.05, 0) is 65.9 Å². The Morgan fingerprint density at radius 3 is 2.05 bits per heavy atom. The van der Waals surface area contributed by atoms with Gasteiger partial charge in [-0.1, -0.05) is 53.5 Å². The first kappa shape index (κ1) is 27.3. The van der Waals surface area contributed by atoms with Crippen molar-refractivity contribution in [1.29, 1.82) is 0 Å². The highest BCUT2D eigenvalue weighted by Crippen LogP contribution is 2.35. The van der Waals surface area contributed by atoms with Crippen LogP contribution in [0.1, 0.15) is 35.4 Å². The van der Waals surface area contributed by atoms with E-state index in [1.54, 1.807) is 0 Å². The standard InChI is InChI=1S/C28H27Cl2N5O3S/c29-21-6-1-18(2-7-21)27(19-3-8-22(30)9-4-19)20-5-10-25-24(15-20)28(33-17-32-25)34-23-11-13-35(14-12-23)39(37,38)16-26(31)36/h1-10,15,17,23,27H,11-14,16H2,(H2,31,36)(H,32,33,34). The second kappa shape index (κ2) is 11.5. The van der Waals surface area contributed by atoms with Gasteiger partial charge in [0.05, 0.1) is 5.52 Å². The number of carbonyl (C=O) groups is 1. The Hall–Kier alpha value is -3.24. The van der Waals surface area contributed by atoms with Gasteiger partial charge in [-0.2, -0.15) is 0 Å². The van der Waals surface area contributed by atoms with Gasteiger partial charge in [0.15, 0.2) is 0 Å². The Kier molecular flexibility index (Phi) is 8.04. The van der Waals surface area contributed by atoms with Crippen molar-refractivity contribution in [2.45, 2.75) is 24.8 Å². The number of nitrogens with one attached hydrogen (secondary N) is 1. The van der Waals surface area contributed by atoms with Gasteiger partial charge >= 0.3 is 0 Å². The molecule has 5 rings (SSSR count). The first-order chi connectivity index (χ1) is 18.7. The number of nitrogens with zero attached hydrogens (tertiary/aromatic N) is 3. The molecule has 1 aromatic heterocycles.